The average molecular weight is 307 g/mol. The van der Waals surface area contributed by atoms with Gasteiger partial charge >= 0.3 is 0 Å². The van der Waals surface area contributed by atoms with Crippen molar-refractivity contribution < 1.29 is 14.1 Å². The molecule has 2 unspecified atom stereocenters. The van der Waals surface area contributed by atoms with Crippen LogP contribution in [0.5, 0.6) is 0 Å². The average Bonchev–Trinajstić information content (AvgIpc) is 3.29. The van der Waals surface area contributed by atoms with E-state index in [-0.39, 0.29) is 17.9 Å². The van der Waals surface area contributed by atoms with Crippen LogP contribution in [0.3, 0.4) is 0 Å². The van der Waals surface area contributed by atoms with E-state index in [1.807, 2.05) is 18.7 Å². The van der Waals surface area contributed by atoms with Crippen molar-refractivity contribution >= 4 is 5.91 Å². The number of piperidine rings is 1. The molecular formula is C16H25N3O3. The highest BCUT2D eigenvalue weighted by Crippen LogP contribution is 2.34. The number of rotatable bonds is 6. The summed E-state index contributed by atoms with van der Waals surface area (Å²) in [6.45, 7) is 6.22. The number of aromatic nitrogens is 2. The second kappa shape index (κ2) is 6.77. The smallest absolute Gasteiger partial charge is 0.231 e. The van der Waals surface area contributed by atoms with E-state index in [2.05, 4.69) is 10.1 Å². The molecule has 22 heavy (non-hydrogen) atoms. The number of carbonyl (C=O) groups excluding carboxylic acids is 1. The number of hydrogen-bond acceptors (Lipinski definition) is 5. The predicted octanol–water partition coefficient (Wildman–Crippen LogP) is 2.67. The largest absolute Gasteiger partial charge is 0.370 e. The first-order valence-corrected chi connectivity index (χ1v) is 8.46. The lowest BCUT2D eigenvalue weighted by atomic mass is 9.97. The summed E-state index contributed by atoms with van der Waals surface area (Å²) in [5.41, 5.74) is 0. The number of nitrogens with zero attached hydrogens (tertiary/aromatic N) is 3. The number of hydrogen-bond donors (Lipinski definition) is 0. The standard InChI is InChI=1S/C16H25N3O3/c1-3-13(21-4-2)14-17-15(22-18-14)12-6-5-9-19(10-12)16(20)11-7-8-11/h11-13H,3-10H2,1-2H3. The van der Waals surface area contributed by atoms with Crippen LogP contribution in [0.15, 0.2) is 4.52 Å². The van der Waals surface area contributed by atoms with Crippen LogP contribution in [0.2, 0.25) is 0 Å². The summed E-state index contributed by atoms with van der Waals surface area (Å²) < 4.78 is 11.1. The maximum absolute atomic E-state index is 12.2. The highest BCUT2D eigenvalue weighted by atomic mass is 16.5. The topological polar surface area (TPSA) is 68.5 Å². The fraction of sp³-hybridized carbons (Fsp3) is 0.812. The zero-order chi connectivity index (χ0) is 15.5. The molecule has 1 aliphatic carbocycles. The van der Waals surface area contributed by atoms with Gasteiger partial charge in [-0.15, -0.1) is 0 Å². The van der Waals surface area contributed by atoms with Gasteiger partial charge < -0.3 is 14.2 Å². The van der Waals surface area contributed by atoms with Crippen molar-refractivity contribution in [2.24, 2.45) is 5.92 Å². The van der Waals surface area contributed by atoms with Crippen molar-refractivity contribution in [3.05, 3.63) is 11.7 Å². The normalized spacial score (nSPS) is 23.5. The molecule has 2 heterocycles. The van der Waals surface area contributed by atoms with Gasteiger partial charge in [-0.25, -0.2) is 0 Å². The molecule has 1 aliphatic heterocycles. The summed E-state index contributed by atoms with van der Waals surface area (Å²) in [5.74, 6) is 2.04. The molecule has 0 spiro atoms. The first-order valence-electron chi connectivity index (χ1n) is 8.46. The lowest BCUT2D eigenvalue weighted by Crippen LogP contribution is -2.40. The van der Waals surface area contributed by atoms with Gasteiger partial charge in [0.1, 0.15) is 6.10 Å². The Balaban J connectivity index is 1.65. The van der Waals surface area contributed by atoms with Gasteiger partial charge in [0.15, 0.2) is 0 Å². The van der Waals surface area contributed by atoms with Crippen LogP contribution >= 0.6 is 0 Å². The van der Waals surface area contributed by atoms with Crippen molar-refractivity contribution in [1.82, 2.24) is 15.0 Å². The Bertz CT molecular complexity index is 512. The zero-order valence-corrected chi connectivity index (χ0v) is 13.5. The monoisotopic (exact) mass is 307 g/mol. The molecule has 0 N–H and O–H groups in total. The lowest BCUT2D eigenvalue weighted by molar-refractivity contribution is -0.133. The Kier molecular flexibility index (Phi) is 4.76. The number of ether oxygens (including phenoxy) is 1. The molecule has 6 heteroatoms. The fourth-order valence-corrected chi connectivity index (χ4v) is 3.09. The van der Waals surface area contributed by atoms with E-state index in [4.69, 9.17) is 9.26 Å². The number of likely N-dealkylation sites (tertiary alicyclic amines) is 1. The molecule has 3 rings (SSSR count). The maximum Gasteiger partial charge on any atom is 0.231 e. The van der Waals surface area contributed by atoms with Crippen LogP contribution in [-0.2, 0) is 9.53 Å². The van der Waals surface area contributed by atoms with E-state index in [9.17, 15) is 4.79 Å². The van der Waals surface area contributed by atoms with Gasteiger partial charge in [0.25, 0.3) is 0 Å². The first kappa shape index (κ1) is 15.5. The second-order valence-electron chi connectivity index (χ2n) is 6.24. The van der Waals surface area contributed by atoms with Gasteiger partial charge in [0.05, 0.1) is 5.92 Å². The van der Waals surface area contributed by atoms with E-state index in [0.717, 1.165) is 38.6 Å². The molecular weight excluding hydrogens is 282 g/mol. The molecule has 0 aromatic carbocycles. The third kappa shape index (κ3) is 3.32. The van der Waals surface area contributed by atoms with Gasteiger partial charge in [-0.2, -0.15) is 4.98 Å². The van der Waals surface area contributed by atoms with Crippen molar-refractivity contribution in [2.45, 2.75) is 58.0 Å². The van der Waals surface area contributed by atoms with Gasteiger partial charge in [0.2, 0.25) is 17.6 Å². The summed E-state index contributed by atoms with van der Waals surface area (Å²) in [6.07, 6.45) is 4.83. The van der Waals surface area contributed by atoms with E-state index >= 15 is 0 Å². The summed E-state index contributed by atoms with van der Waals surface area (Å²) in [7, 11) is 0. The van der Waals surface area contributed by atoms with Crippen LogP contribution in [0.25, 0.3) is 0 Å². The maximum atomic E-state index is 12.2. The highest BCUT2D eigenvalue weighted by molar-refractivity contribution is 5.81. The molecule has 0 radical (unpaired) electrons. The molecule has 6 nitrogen and oxygen atoms in total. The molecule has 1 aromatic heterocycles. The summed E-state index contributed by atoms with van der Waals surface area (Å²) >= 11 is 0. The summed E-state index contributed by atoms with van der Waals surface area (Å²) in [4.78, 5) is 18.7. The van der Waals surface area contributed by atoms with Crippen molar-refractivity contribution in [3.63, 3.8) is 0 Å². The zero-order valence-electron chi connectivity index (χ0n) is 13.5. The van der Waals surface area contributed by atoms with Crippen molar-refractivity contribution in [3.8, 4) is 0 Å². The molecule has 0 bridgehead atoms. The SMILES string of the molecule is CCOC(CC)c1noc(C2CCCN(C(=O)C3CC3)C2)n1. The fourth-order valence-electron chi connectivity index (χ4n) is 3.09. The summed E-state index contributed by atoms with van der Waals surface area (Å²) in [5, 5.41) is 4.08. The molecule has 1 saturated carbocycles. The minimum Gasteiger partial charge on any atom is -0.370 e. The minimum atomic E-state index is -0.102. The molecule has 1 aromatic rings. The lowest BCUT2D eigenvalue weighted by Gasteiger charge is -2.31. The van der Waals surface area contributed by atoms with Gasteiger partial charge in [-0.1, -0.05) is 12.1 Å². The van der Waals surface area contributed by atoms with Crippen LogP contribution in [0.4, 0.5) is 0 Å². The van der Waals surface area contributed by atoms with E-state index in [0.29, 0.717) is 30.8 Å². The third-order valence-electron chi connectivity index (χ3n) is 4.49. The Morgan fingerprint density at radius 3 is 2.91 bits per heavy atom. The van der Waals surface area contributed by atoms with Crippen LogP contribution in [0, 0.1) is 5.92 Å². The summed E-state index contributed by atoms with van der Waals surface area (Å²) in [6, 6.07) is 0. The first-order chi connectivity index (χ1) is 10.7. The van der Waals surface area contributed by atoms with E-state index in [1.165, 1.54) is 0 Å². The second-order valence-corrected chi connectivity index (χ2v) is 6.24. The Morgan fingerprint density at radius 2 is 2.23 bits per heavy atom. The van der Waals surface area contributed by atoms with E-state index in [1.54, 1.807) is 0 Å². The van der Waals surface area contributed by atoms with Gasteiger partial charge in [-0.3, -0.25) is 4.79 Å². The number of amides is 1. The van der Waals surface area contributed by atoms with Crippen molar-refractivity contribution in [2.75, 3.05) is 19.7 Å². The molecule has 1 amide bonds. The highest BCUT2D eigenvalue weighted by Gasteiger charge is 2.36. The third-order valence-corrected chi connectivity index (χ3v) is 4.49. The Morgan fingerprint density at radius 1 is 1.41 bits per heavy atom. The van der Waals surface area contributed by atoms with Crippen LogP contribution < -0.4 is 0 Å². The van der Waals surface area contributed by atoms with Gasteiger partial charge in [0, 0.05) is 25.6 Å². The molecule has 2 atom stereocenters. The van der Waals surface area contributed by atoms with Crippen molar-refractivity contribution in [1.29, 1.82) is 0 Å². The molecule has 2 fully saturated rings. The molecule has 1 saturated heterocycles. The predicted molar refractivity (Wildman–Crippen MR) is 80.2 cm³/mol. The molecule has 2 aliphatic rings. The number of carbonyl (C=O) groups is 1. The minimum absolute atomic E-state index is 0.102. The van der Waals surface area contributed by atoms with E-state index < -0.39 is 0 Å². The Hall–Kier alpha value is -1.43. The Labute approximate surface area is 131 Å². The van der Waals surface area contributed by atoms with Crippen LogP contribution in [-0.4, -0.2) is 40.6 Å². The van der Waals surface area contributed by atoms with Crippen LogP contribution in [0.1, 0.15) is 69.7 Å². The molecule has 122 valence electrons. The van der Waals surface area contributed by atoms with Gasteiger partial charge in [-0.05, 0) is 39.0 Å². The quantitative estimate of drug-likeness (QED) is 0.808.